The molecule has 0 unspecified atom stereocenters. The molecule has 16 heavy (non-hydrogen) atoms. The van der Waals surface area contributed by atoms with Gasteiger partial charge in [0, 0.05) is 5.56 Å². The van der Waals surface area contributed by atoms with E-state index in [4.69, 9.17) is 4.74 Å². The Morgan fingerprint density at radius 3 is 2.75 bits per heavy atom. The number of rotatable bonds is 3. The number of aliphatic imine (C=N–C) groups is 1. The highest BCUT2D eigenvalue weighted by atomic mass is 79.9. The zero-order chi connectivity index (χ0) is 11.8. The second kappa shape index (κ2) is 4.00. The third kappa shape index (κ3) is 1.66. The second-order valence-corrected chi connectivity index (χ2v) is 4.47. The molecule has 0 aromatic heterocycles. The molecule has 1 saturated carbocycles. The molecule has 3 nitrogen and oxygen atoms in total. The fourth-order valence-electron chi connectivity index (χ4n) is 1.75. The van der Waals surface area contributed by atoms with E-state index >= 15 is 0 Å². The highest BCUT2D eigenvalue weighted by molar-refractivity contribution is 9.10. The number of hydrogen-bond donors (Lipinski definition) is 0. The molecule has 5 heteroatoms. The average Bonchev–Trinajstić information content (AvgIpc) is 3.03. The van der Waals surface area contributed by atoms with Crippen LogP contribution >= 0.6 is 15.9 Å². The van der Waals surface area contributed by atoms with Gasteiger partial charge in [-0.1, -0.05) is 0 Å². The van der Waals surface area contributed by atoms with Crippen molar-refractivity contribution in [3.8, 4) is 5.75 Å². The monoisotopic (exact) mass is 285 g/mol. The second-order valence-electron chi connectivity index (χ2n) is 3.68. The summed E-state index contributed by atoms with van der Waals surface area (Å²) in [5.41, 5.74) is 0.176. The van der Waals surface area contributed by atoms with Gasteiger partial charge in [0.15, 0.2) is 0 Å². The standard InChI is InChI=1S/C11H9BrFNO2/c1-16-10-7(2-3-8(13)9(10)12)11(4-5-11)14-6-15/h2-3H,4-5H2,1H3. The van der Waals surface area contributed by atoms with Crippen molar-refractivity contribution in [2.45, 2.75) is 18.4 Å². The fourth-order valence-corrected chi connectivity index (χ4v) is 2.25. The number of nitrogens with zero attached hydrogens (tertiary/aromatic N) is 1. The predicted octanol–water partition coefficient (Wildman–Crippen LogP) is 2.92. The zero-order valence-electron chi connectivity index (χ0n) is 8.59. The van der Waals surface area contributed by atoms with Crippen molar-refractivity contribution in [3.63, 3.8) is 0 Å². The highest BCUT2D eigenvalue weighted by Crippen LogP contribution is 2.53. The lowest BCUT2D eigenvalue weighted by Gasteiger charge is -2.15. The van der Waals surface area contributed by atoms with E-state index < -0.39 is 11.4 Å². The van der Waals surface area contributed by atoms with Crippen molar-refractivity contribution in [1.29, 1.82) is 0 Å². The van der Waals surface area contributed by atoms with E-state index in [0.29, 0.717) is 5.75 Å². The van der Waals surface area contributed by atoms with Crippen LogP contribution in [0.15, 0.2) is 21.6 Å². The van der Waals surface area contributed by atoms with Crippen molar-refractivity contribution in [2.75, 3.05) is 7.11 Å². The number of isocyanates is 1. The van der Waals surface area contributed by atoms with Gasteiger partial charge in [-0.3, -0.25) is 0 Å². The minimum Gasteiger partial charge on any atom is -0.495 e. The molecule has 1 aromatic rings. The van der Waals surface area contributed by atoms with Crippen LogP contribution in [-0.2, 0) is 10.3 Å². The first-order chi connectivity index (χ1) is 7.64. The molecule has 1 aliphatic rings. The Bertz CT molecular complexity index is 479. The normalized spacial score (nSPS) is 16.4. The lowest BCUT2D eigenvalue weighted by atomic mass is 10.0. The van der Waals surface area contributed by atoms with Gasteiger partial charge in [0.05, 0.1) is 11.6 Å². The third-order valence-corrected chi connectivity index (χ3v) is 3.48. The van der Waals surface area contributed by atoms with E-state index in [1.165, 1.54) is 13.2 Å². The van der Waals surface area contributed by atoms with Gasteiger partial charge in [0.25, 0.3) is 0 Å². The van der Waals surface area contributed by atoms with Crippen LogP contribution in [0.1, 0.15) is 18.4 Å². The summed E-state index contributed by atoms with van der Waals surface area (Å²) >= 11 is 3.12. The maximum absolute atomic E-state index is 13.3. The number of hydrogen-bond acceptors (Lipinski definition) is 3. The van der Waals surface area contributed by atoms with Crippen molar-refractivity contribution >= 4 is 22.0 Å². The molecule has 1 aromatic carbocycles. The van der Waals surface area contributed by atoms with Gasteiger partial charge in [-0.25, -0.2) is 9.18 Å². The molecule has 0 spiro atoms. The molecule has 1 aliphatic carbocycles. The Hall–Kier alpha value is -1.19. The van der Waals surface area contributed by atoms with Crippen LogP contribution in [0.4, 0.5) is 4.39 Å². The number of methoxy groups -OCH3 is 1. The van der Waals surface area contributed by atoms with Gasteiger partial charge >= 0.3 is 0 Å². The van der Waals surface area contributed by atoms with Crippen LogP contribution in [0.5, 0.6) is 5.75 Å². The molecular formula is C11H9BrFNO2. The van der Waals surface area contributed by atoms with Crippen LogP contribution in [-0.4, -0.2) is 13.2 Å². The molecule has 84 valence electrons. The molecule has 0 bridgehead atoms. The predicted molar refractivity (Wildman–Crippen MR) is 59.7 cm³/mol. The van der Waals surface area contributed by atoms with Crippen LogP contribution in [0, 0.1) is 5.82 Å². The first-order valence-corrected chi connectivity index (χ1v) is 5.55. The summed E-state index contributed by atoms with van der Waals surface area (Å²) in [6, 6.07) is 2.94. The summed E-state index contributed by atoms with van der Waals surface area (Å²) in [5, 5.41) is 0. The molecule has 0 atom stereocenters. The van der Waals surface area contributed by atoms with Crippen LogP contribution in [0.3, 0.4) is 0 Å². The first-order valence-electron chi connectivity index (χ1n) is 4.76. The summed E-state index contributed by atoms with van der Waals surface area (Å²) in [6.45, 7) is 0. The van der Waals surface area contributed by atoms with Crippen LogP contribution in [0.25, 0.3) is 0 Å². The number of benzene rings is 1. The quantitative estimate of drug-likeness (QED) is 0.633. The van der Waals surface area contributed by atoms with Gasteiger partial charge < -0.3 is 4.74 Å². The minimum atomic E-state index is -0.552. The van der Waals surface area contributed by atoms with Crippen LogP contribution < -0.4 is 4.74 Å². The van der Waals surface area contributed by atoms with E-state index in [1.54, 1.807) is 12.1 Å². The van der Waals surface area contributed by atoms with Crippen molar-refractivity contribution in [1.82, 2.24) is 0 Å². The Morgan fingerprint density at radius 2 is 2.25 bits per heavy atom. The molecule has 0 heterocycles. The smallest absolute Gasteiger partial charge is 0.235 e. The van der Waals surface area contributed by atoms with Crippen molar-refractivity contribution in [2.24, 2.45) is 4.99 Å². The topological polar surface area (TPSA) is 38.7 Å². The lowest BCUT2D eigenvalue weighted by Crippen LogP contribution is -2.06. The Labute approximate surface area is 100 Å². The van der Waals surface area contributed by atoms with E-state index in [9.17, 15) is 9.18 Å². The fraction of sp³-hybridized carbons (Fsp3) is 0.364. The van der Waals surface area contributed by atoms with Gasteiger partial charge in [0.1, 0.15) is 17.1 Å². The third-order valence-electron chi connectivity index (χ3n) is 2.74. The summed E-state index contributed by atoms with van der Waals surface area (Å²) < 4.78 is 18.7. The molecule has 1 fully saturated rings. The summed E-state index contributed by atoms with van der Waals surface area (Å²) in [5.74, 6) is 0.00276. The molecular weight excluding hydrogens is 277 g/mol. The van der Waals surface area contributed by atoms with Crippen LogP contribution in [0.2, 0.25) is 0 Å². The maximum Gasteiger partial charge on any atom is 0.235 e. The first kappa shape index (κ1) is 11.3. The van der Waals surface area contributed by atoms with Crippen molar-refractivity contribution in [3.05, 3.63) is 28.0 Å². The Balaban J connectivity index is 2.57. The summed E-state index contributed by atoms with van der Waals surface area (Å²) in [6.07, 6.45) is 3.09. The lowest BCUT2D eigenvalue weighted by molar-refractivity contribution is 0.397. The van der Waals surface area contributed by atoms with Crippen molar-refractivity contribution < 1.29 is 13.9 Å². The van der Waals surface area contributed by atoms with E-state index in [2.05, 4.69) is 20.9 Å². The van der Waals surface area contributed by atoms with E-state index in [1.807, 2.05) is 0 Å². The molecule has 0 N–H and O–H groups in total. The van der Waals surface area contributed by atoms with E-state index in [-0.39, 0.29) is 4.47 Å². The largest absolute Gasteiger partial charge is 0.495 e. The van der Waals surface area contributed by atoms with E-state index in [0.717, 1.165) is 18.4 Å². The minimum absolute atomic E-state index is 0.264. The van der Waals surface area contributed by atoms with Gasteiger partial charge in [0.2, 0.25) is 6.08 Å². The Kier molecular flexibility index (Phi) is 2.82. The molecule has 2 rings (SSSR count). The van der Waals surface area contributed by atoms with Gasteiger partial charge in [-0.15, -0.1) is 0 Å². The zero-order valence-corrected chi connectivity index (χ0v) is 10.2. The average molecular weight is 286 g/mol. The SMILES string of the molecule is COc1c(C2(N=C=O)CC2)ccc(F)c1Br. The molecule has 0 radical (unpaired) electrons. The summed E-state index contributed by atoms with van der Waals surface area (Å²) in [7, 11) is 1.46. The maximum atomic E-state index is 13.3. The Morgan fingerprint density at radius 1 is 1.56 bits per heavy atom. The molecule has 0 aliphatic heterocycles. The number of ether oxygens (including phenoxy) is 1. The van der Waals surface area contributed by atoms with Gasteiger partial charge in [-0.05, 0) is 40.9 Å². The molecule has 0 amide bonds. The number of carbonyl (C=O) groups excluding carboxylic acids is 1. The highest BCUT2D eigenvalue weighted by Gasteiger charge is 2.47. The number of halogens is 2. The summed E-state index contributed by atoms with van der Waals surface area (Å²) in [4.78, 5) is 14.2. The molecule has 0 saturated heterocycles. The van der Waals surface area contributed by atoms with Gasteiger partial charge in [-0.2, -0.15) is 4.99 Å².